The maximum Gasteiger partial charge on any atom is 0.233 e. The molecule has 0 saturated heterocycles. The quantitative estimate of drug-likeness (QED) is 0.447. The summed E-state index contributed by atoms with van der Waals surface area (Å²) in [6, 6.07) is 25.2. The number of carbonyl (C=O) groups excluding carboxylic acids is 3. The van der Waals surface area contributed by atoms with Gasteiger partial charge >= 0.3 is 0 Å². The number of hydrogen-bond donors (Lipinski definition) is 0. The minimum Gasteiger partial charge on any atom is -0.289 e. The molecule has 0 saturated carbocycles. The molecule has 0 amide bonds. The minimum absolute atomic E-state index is 0.110. The smallest absolute Gasteiger partial charge is 0.233 e. The highest BCUT2D eigenvalue weighted by molar-refractivity contribution is 6.49. The summed E-state index contributed by atoms with van der Waals surface area (Å²) in [5.41, 5.74) is 5.06. The molecule has 3 aromatic carbocycles. The third-order valence-electron chi connectivity index (χ3n) is 4.90. The van der Waals surface area contributed by atoms with Crippen LogP contribution >= 0.6 is 0 Å². The Bertz CT molecular complexity index is 1160. The molecule has 2 aliphatic rings. The average Bonchev–Trinajstić information content (AvgIpc) is 3.20. The van der Waals surface area contributed by atoms with Crippen LogP contribution in [-0.2, 0) is 4.79 Å². The monoisotopic (exact) mass is 390 g/mol. The summed E-state index contributed by atoms with van der Waals surface area (Å²) in [5, 5.41) is 0. The molecule has 3 aromatic rings. The second-order valence-corrected chi connectivity index (χ2v) is 6.84. The fourth-order valence-electron chi connectivity index (χ4n) is 3.39. The van der Waals surface area contributed by atoms with E-state index in [4.69, 9.17) is 0 Å². The molecular weight excluding hydrogens is 372 g/mol. The topological polar surface area (TPSA) is 51.2 Å². The van der Waals surface area contributed by atoms with Crippen molar-refractivity contribution in [2.75, 3.05) is 0 Å². The van der Waals surface area contributed by atoms with Crippen molar-refractivity contribution in [2.24, 2.45) is 0 Å². The van der Waals surface area contributed by atoms with Gasteiger partial charge in [-0.1, -0.05) is 97.1 Å². The zero-order chi connectivity index (χ0) is 20.9. The molecular formula is C27H18O3. The van der Waals surface area contributed by atoms with E-state index < -0.39 is 11.6 Å². The third kappa shape index (κ3) is 3.87. The van der Waals surface area contributed by atoms with Crippen LogP contribution in [0.2, 0.25) is 0 Å². The first-order chi connectivity index (χ1) is 14.6. The summed E-state index contributed by atoms with van der Waals surface area (Å²) in [7, 11) is 0. The van der Waals surface area contributed by atoms with Crippen molar-refractivity contribution in [2.45, 2.75) is 0 Å². The van der Waals surface area contributed by atoms with E-state index in [2.05, 4.69) is 6.07 Å². The van der Waals surface area contributed by atoms with Crippen molar-refractivity contribution in [3.8, 4) is 0 Å². The van der Waals surface area contributed by atoms with Gasteiger partial charge in [-0.15, -0.1) is 0 Å². The summed E-state index contributed by atoms with van der Waals surface area (Å²) >= 11 is 0. The van der Waals surface area contributed by atoms with Gasteiger partial charge in [0.1, 0.15) is 0 Å². The number of carbonyl (C=O) groups is 3. The van der Waals surface area contributed by atoms with Gasteiger partial charge in [-0.05, 0) is 28.9 Å². The normalized spacial score (nSPS) is 13.3. The summed E-state index contributed by atoms with van der Waals surface area (Å²) in [6.07, 6.45) is 7.39. The Balaban J connectivity index is 0.000000146. The predicted molar refractivity (Wildman–Crippen MR) is 118 cm³/mol. The van der Waals surface area contributed by atoms with Gasteiger partial charge in [-0.2, -0.15) is 0 Å². The minimum atomic E-state index is -0.466. The van der Waals surface area contributed by atoms with Crippen LogP contribution in [0.15, 0.2) is 109 Å². The number of hydrogen-bond acceptors (Lipinski definition) is 3. The molecule has 0 atom stereocenters. The first-order valence-electron chi connectivity index (χ1n) is 9.58. The lowest BCUT2D eigenvalue weighted by Gasteiger charge is -2.06. The van der Waals surface area contributed by atoms with Crippen LogP contribution in [0.3, 0.4) is 0 Å². The van der Waals surface area contributed by atoms with E-state index in [1.54, 1.807) is 54.6 Å². The number of fused-ring (bicyclic) bond motifs is 3. The molecule has 0 aromatic heterocycles. The zero-order valence-corrected chi connectivity index (χ0v) is 16.1. The standard InChI is InChI=1S/C14H10O2.C13H8O/c15-13(11-7-3-1-4-8-11)14(16)12-9-5-2-6-10-12;14-13-7-3-6-11-10-5-2-1-4-9(10)8-12(11)13/h1-10H;1-8H. The Hall–Kier alpha value is -4.11. The lowest BCUT2D eigenvalue weighted by molar-refractivity contribution is -0.110. The van der Waals surface area contributed by atoms with Gasteiger partial charge < -0.3 is 0 Å². The molecule has 0 aliphatic heterocycles. The highest BCUT2D eigenvalue weighted by Gasteiger charge is 2.23. The molecule has 30 heavy (non-hydrogen) atoms. The van der Waals surface area contributed by atoms with Crippen LogP contribution in [0.4, 0.5) is 0 Å². The van der Waals surface area contributed by atoms with Gasteiger partial charge in [0.15, 0.2) is 5.78 Å². The summed E-state index contributed by atoms with van der Waals surface area (Å²) in [6.45, 7) is 0. The van der Waals surface area contributed by atoms with E-state index in [-0.39, 0.29) is 5.78 Å². The second-order valence-electron chi connectivity index (χ2n) is 6.84. The molecule has 0 unspecified atom stereocenters. The van der Waals surface area contributed by atoms with Crippen molar-refractivity contribution in [3.05, 3.63) is 131 Å². The van der Waals surface area contributed by atoms with Gasteiger partial charge in [0.2, 0.25) is 11.6 Å². The molecule has 0 radical (unpaired) electrons. The van der Waals surface area contributed by atoms with E-state index in [9.17, 15) is 14.4 Å². The third-order valence-corrected chi connectivity index (χ3v) is 4.90. The SMILES string of the molecule is O=C(C(=O)c1ccccc1)c1ccccc1.O=C1C=CC=C2C1=Cc1ccccc12. The molecule has 0 bridgehead atoms. The highest BCUT2D eigenvalue weighted by Crippen LogP contribution is 2.37. The fraction of sp³-hybridized carbons (Fsp3) is 0. The van der Waals surface area contributed by atoms with Crippen LogP contribution in [-0.4, -0.2) is 17.3 Å². The van der Waals surface area contributed by atoms with Gasteiger partial charge in [0, 0.05) is 16.7 Å². The Kier molecular flexibility index (Phi) is 5.44. The average molecular weight is 390 g/mol. The van der Waals surface area contributed by atoms with Gasteiger partial charge in [-0.25, -0.2) is 0 Å². The maximum absolute atomic E-state index is 11.8. The van der Waals surface area contributed by atoms with Crippen LogP contribution in [0, 0.1) is 0 Å². The summed E-state index contributed by atoms with van der Waals surface area (Å²) < 4.78 is 0. The fourth-order valence-corrected chi connectivity index (χ4v) is 3.39. The molecule has 5 rings (SSSR count). The summed E-state index contributed by atoms with van der Waals surface area (Å²) in [5.74, 6) is -0.822. The van der Waals surface area contributed by atoms with Crippen molar-refractivity contribution in [1.82, 2.24) is 0 Å². The Morgan fingerprint density at radius 3 is 1.73 bits per heavy atom. The molecule has 144 valence electrons. The maximum atomic E-state index is 11.8. The van der Waals surface area contributed by atoms with Crippen LogP contribution < -0.4 is 0 Å². The van der Waals surface area contributed by atoms with E-state index in [1.807, 2.05) is 48.6 Å². The molecule has 0 heterocycles. The second kappa shape index (κ2) is 8.50. The van der Waals surface area contributed by atoms with Crippen LogP contribution in [0.1, 0.15) is 31.8 Å². The molecule has 3 heteroatoms. The van der Waals surface area contributed by atoms with Crippen molar-refractivity contribution in [1.29, 1.82) is 0 Å². The van der Waals surface area contributed by atoms with Crippen LogP contribution in [0.5, 0.6) is 0 Å². The van der Waals surface area contributed by atoms with E-state index in [0.29, 0.717) is 11.1 Å². The molecule has 0 spiro atoms. The lowest BCUT2D eigenvalue weighted by Crippen LogP contribution is -2.14. The number of benzene rings is 3. The number of ketones is 3. The Labute approximate surface area is 174 Å². The van der Waals surface area contributed by atoms with E-state index in [0.717, 1.165) is 16.7 Å². The van der Waals surface area contributed by atoms with Gasteiger partial charge in [0.05, 0.1) is 0 Å². The lowest BCUT2D eigenvalue weighted by atomic mass is 9.96. The number of rotatable bonds is 3. The first-order valence-corrected chi connectivity index (χ1v) is 9.58. The predicted octanol–water partition coefficient (Wildman–Crippen LogP) is 5.36. The molecule has 0 N–H and O–H groups in total. The van der Waals surface area contributed by atoms with E-state index in [1.165, 1.54) is 5.56 Å². The zero-order valence-electron chi connectivity index (χ0n) is 16.1. The van der Waals surface area contributed by atoms with Crippen LogP contribution in [0.25, 0.3) is 11.6 Å². The molecule has 0 fully saturated rings. The van der Waals surface area contributed by atoms with Crippen molar-refractivity contribution in [3.63, 3.8) is 0 Å². The first kappa shape index (κ1) is 19.2. The Morgan fingerprint density at radius 2 is 1.13 bits per heavy atom. The van der Waals surface area contributed by atoms with Gasteiger partial charge in [0.25, 0.3) is 0 Å². The summed E-state index contributed by atoms with van der Waals surface area (Å²) in [4.78, 5) is 35.1. The number of allylic oxidation sites excluding steroid dienone is 5. The van der Waals surface area contributed by atoms with E-state index >= 15 is 0 Å². The van der Waals surface area contributed by atoms with Gasteiger partial charge in [-0.3, -0.25) is 14.4 Å². The van der Waals surface area contributed by atoms with Crippen molar-refractivity contribution < 1.29 is 14.4 Å². The molecule has 3 nitrogen and oxygen atoms in total. The highest BCUT2D eigenvalue weighted by atomic mass is 16.2. The Morgan fingerprint density at radius 1 is 0.600 bits per heavy atom. The van der Waals surface area contributed by atoms with Crippen molar-refractivity contribution >= 4 is 29.0 Å². The largest absolute Gasteiger partial charge is 0.289 e. The number of Topliss-reactive ketones (excluding diaryl/α,β-unsaturated/α-hetero) is 2. The molecule has 2 aliphatic carbocycles.